The summed E-state index contributed by atoms with van der Waals surface area (Å²) >= 11 is -0.270. The van der Waals surface area contributed by atoms with Crippen molar-refractivity contribution in [1.29, 1.82) is 0 Å². The number of thioether (sulfide) groups is 1. The fraction of sp³-hybridized carbons (Fsp3) is 0.0909. The van der Waals surface area contributed by atoms with E-state index in [0.717, 1.165) is 6.08 Å². The number of carboxylic acid groups (broad SMARTS) is 1. The largest absolute Gasteiger partial charge is 0.545 e. The van der Waals surface area contributed by atoms with Gasteiger partial charge in [0.25, 0.3) is 0 Å². The summed E-state index contributed by atoms with van der Waals surface area (Å²) in [6.45, 7) is 0. The minimum absolute atomic E-state index is 0.0178. The van der Waals surface area contributed by atoms with Gasteiger partial charge in [0.05, 0.1) is 5.97 Å². The van der Waals surface area contributed by atoms with Gasteiger partial charge in [0.1, 0.15) is 0 Å². The number of benzene rings is 1. The van der Waals surface area contributed by atoms with Gasteiger partial charge in [0, 0.05) is 16.7 Å². The smallest absolute Gasteiger partial charge is 0.446 e. The first-order valence-corrected chi connectivity index (χ1v) is 5.64. The Labute approximate surface area is 110 Å². The van der Waals surface area contributed by atoms with Gasteiger partial charge in [0.2, 0.25) is 5.91 Å². The topological polar surface area (TPSA) is 69.2 Å². The first kappa shape index (κ1) is 15.1. The molecule has 0 aliphatic carbocycles. The molecule has 102 valence electrons. The monoisotopic (exact) mass is 290 g/mol. The van der Waals surface area contributed by atoms with E-state index in [1.165, 1.54) is 24.3 Å². The number of carboxylic acids is 1. The Morgan fingerprint density at radius 3 is 2.21 bits per heavy atom. The van der Waals surface area contributed by atoms with Crippen molar-refractivity contribution in [3.63, 3.8) is 0 Å². The molecule has 0 radical (unpaired) electrons. The van der Waals surface area contributed by atoms with E-state index in [0.29, 0.717) is 6.08 Å². The zero-order valence-electron chi connectivity index (χ0n) is 9.23. The van der Waals surface area contributed by atoms with E-state index in [2.05, 4.69) is 5.32 Å². The highest BCUT2D eigenvalue weighted by Crippen LogP contribution is 2.36. The molecule has 0 saturated heterocycles. The number of nitrogens with one attached hydrogen (secondary N) is 1. The summed E-state index contributed by atoms with van der Waals surface area (Å²) in [5, 5.41) is 12.3. The normalized spacial score (nSPS) is 11.5. The van der Waals surface area contributed by atoms with Crippen molar-refractivity contribution in [2.24, 2.45) is 0 Å². The zero-order chi connectivity index (χ0) is 14.5. The molecule has 1 N–H and O–H groups in total. The summed E-state index contributed by atoms with van der Waals surface area (Å²) in [6, 6.07) is 4.93. The fourth-order valence-electron chi connectivity index (χ4n) is 1.07. The Bertz CT molecular complexity index is 497. The Morgan fingerprint density at radius 2 is 1.74 bits per heavy atom. The lowest BCUT2D eigenvalue weighted by atomic mass is 10.3. The lowest BCUT2D eigenvalue weighted by Crippen LogP contribution is -2.20. The van der Waals surface area contributed by atoms with Crippen LogP contribution in [0.15, 0.2) is 41.3 Å². The molecule has 0 heterocycles. The van der Waals surface area contributed by atoms with Gasteiger partial charge in [-0.1, -0.05) is 0 Å². The summed E-state index contributed by atoms with van der Waals surface area (Å²) < 4.78 is 36.2. The average molecular weight is 290 g/mol. The molecule has 1 rings (SSSR count). The van der Waals surface area contributed by atoms with E-state index < -0.39 is 17.4 Å². The molecule has 1 aromatic rings. The number of carbonyl (C=O) groups excluding carboxylic acids is 2. The Morgan fingerprint density at radius 1 is 1.16 bits per heavy atom. The molecular formula is C11H7F3NO3S-. The highest BCUT2D eigenvalue weighted by molar-refractivity contribution is 8.00. The molecule has 1 amide bonds. The summed E-state index contributed by atoms with van der Waals surface area (Å²) in [5.74, 6) is -2.24. The van der Waals surface area contributed by atoms with Crippen LogP contribution in [0.4, 0.5) is 18.9 Å². The van der Waals surface area contributed by atoms with Crippen LogP contribution in [0.25, 0.3) is 0 Å². The molecule has 0 unspecified atom stereocenters. The molecule has 0 spiro atoms. The van der Waals surface area contributed by atoms with Crippen molar-refractivity contribution in [2.75, 3.05) is 5.32 Å². The first-order chi connectivity index (χ1) is 8.76. The first-order valence-electron chi connectivity index (χ1n) is 4.82. The van der Waals surface area contributed by atoms with Crippen LogP contribution in [-0.4, -0.2) is 17.4 Å². The molecule has 0 saturated carbocycles. The molecular weight excluding hydrogens is 283 g/mol. The molecule has 0 fully saturated rings. The quantitative estimate of drug-likeness (QED) is 0.674. The molecule has 19 heavy (non-hydrogen) atoms. The number of aliphatic carboxylic acids is 1. The SMILES string of the molecule is O=C([O-])/C=C/C(=O)Nc1ccc(SC(F)(F)F)cc1. The van der Waals surface area contributed by atoms with E-state index in [4.69, 9.17) is 0 Å². The van der Waals surface area contributed by atoms with E-state index >= 15 is 0 Å². The Balaban J connectivity index is 2.62. The van der Waals surface area contributed by atoms with Crippen molar-refractivity contribution in [1.82, 2.24) is 0 Å². The van der Waals surface area contributed by atoms with Gasteiger partial charge < -0.3 is 15.2 Å². The van der Waals surface area contributed by atoms with Gasteiger partial charge >= 0.3 is 5.51 Å². The molecule has 0 bridgehead atoms. The zero-order valence-corrected chi connectivity index (χ0v) is 10.0. The summed E-state index contributed by atoms with van der Waals surface area (Å²) in [5.41, 5.74) is -4.12. The number of amides is 1. The van der Waals surface area contributed by atoms with Crippen molar-refractivity contribution >= 4 is 29.3 Å². The highest BCUT2D eigenvalue weighted by Gasteiger charge is 2.28. The highest BCUT2D eigenvalue weighted by atomic mass is 32.2. The number of hydrogen-bond donors (Lipinski definition) is 1. The molecule has 4 nitrogen and oxygen atoms in total. The van der Waals surface area contributed by atoms with Crippen molar-refractivity contribution in [3.8, 4) is 0 Å². The molecule has 0 aliphatic rings. The van der Waals surface area contributed by atoms with Gasteiger partial charge in [0.15, 0.2) is 0 Å². The number of alkyl halides is 3. The second-order valence-corrected chi connectivity index (χ2v) is 4.35. The number of carbonyl (C=O) groups is 2. The number of hydrogen-bond acceptors (Lipinski definition) is 4. The lowest BCUT2D eigenvalue weighted by Gasteiger charge is -2.06. The summed E-state index contributed by atoms with van der Waals surface area (Å²) in [6.07, 6.45) is 1.29. The third-order valence-electron chi connectivity index (χ3n) is 1.73. The van der Waals surface area contributed by atoms with Crippen molar-refractivity contribution in [2.45, 2.75) is 10.4 Å². The van der Waals surface area contributed by atoms with Gasteiger partial charge in [-0.15, -0.1) is 0 Å². The number of rotatable bonds is 4. The maximum absolute atomic E-state index is 12.1. The average Bonchev–Trinajstić information content (AvgIpc) is 2.27. The van der Waals surface area contributed by atoms with Crippen LogP contribution in [0.5, 0.6) is 0 Å². The van der Waals surface area contributed by atoms with Crippen LogP contribution in [0.1, 0.15) is 0 Å². The second-order valence-electron chi connectivity index (χ2n) is 3.21. The van der Waals surface area contributed by atoms with E-state index in [9.17, 15) is 27.9 Å². The van der Waals surface area contributed by atoms with Crippen molar-refractivity contribution in [3.05, 3.63) is 36.4 Å². The lowest BCUT2D eigenvalue weighted by molar-refractivity contribution is -0.297. The van der Waals surface area contributed by atoms with Crippen molar-refractivity contribution < 1.29 is 27.9 Å². The summed E-state index contributed by atoms with van der Waals surface area (Å²) in [7, 11) is 0. The van der Waals surface area contributed by atoms with Gasteiger partial charge in [-0.05, 0) is 42.1 Å². The molecule has 0 atom stereocenters. The van der Waals surface area contributed by atoms with Crippen LogP contribution in [0.2, 0.25) is 0 Å². The predicted molar refractivity (Wildman–Crippen MR) is 61.1 cm³/mol. The van der Waals surface area contributed by atoms with E-state index in [-0.39, 0.29) is 22.3 Å². The van der Waals surface area contributed by atoms with E-state index in [1.807, 2.05) is 0 Å². The Kier molecular flexibility index (Phi) is 4.99. The van der Waals surface area contributed by atoms with Crippen LogP contribution in [0.3, 0.4) is 0 Å². The molecule has 0 aliphatic heterocycles. The van der Waals surface area contributed by atoms with Gasteiger partial charge in [-0.25, -0.2) is 0 Å². The Hall–Kier alpha value is -1.96. The summed E-state index contributed by atoms with van der Waals surface area (Å²) in [4.78, 5) is 21.2. The fourth-order valence-corrected chi connectivity index (χ4v) is 1.61. The standard InChI is InChI=1S/C11H8F3NO3S/c12-11(13,14)19-8-3-1-7(2-4-8)15-9(16)5-6-10(17)18/h1-6H,(H,15,16)(H,17,18)/p-1/b6-5+. The molecule has 1 aromatic carbocycles. The number of anilines is 1. The maximum Gasteiger partial charge on any atom is 0.446 e. The molecule has 8 heteroatoms. The molecule has 0 aromatic heterocycles. The third kappa shape index (κ3) is 6.51. The van der Waals surface area contributed by atoms with Gasteiger partial charge in [-0.2, -0.15) is 13.2 Å². The third-order valence-corrected chi connectivity index (χ3v) is 2.47. The van der Waals surface area contributed by atoms with Crippen LogP contribution >= 0.6 is 11.8 Å². The van der Waals surface area contributed by atoms with Crippen LogP contribution in [-0.2, 0) is 9.59 Å². The predicted octanol–water partition coefficient (Wildman–Crippen LogP) is 1.54. The maximum atomic E-state index is 12.1. The van der Waals surface area contributed by atoms with Crippen LogP contribution in [0, 0.1) is 0 Å². The minimum atomic E-state index is -4.37. The second kappa shape index (κ2) is 6.28. The van der Waals surface area contributed by atoms with E-state index in [1.54, 1.807) is 0 Å². The van der Waals surface area contributed by atoms with Gasteiger partial charge in [-0.3, -0.25) is 4.79 Å². The number of halogens is 3. The minimum Gasteiger partial charge on any atom is -0.545 e. The van der Waals surface area contributed by atoms with Crippen LogP contribution < -0.4 is 10.4 Å².